The smallest absolute Gasteiger partial charge is 0.225 e. The van der Waals surface area contributed by atoms with Crippen molar-refractivity contribution in [2.45, 2.75) is 19.4 Å². The van der Waals surface area contributed by atoms with E-state index in [2.05, 4.69) is 38.7 Å². The van der Waals surface area contributed by atoms with Crippen molar-refractivity contribution >= 4 is 22.9 Å². The number of benzene rings is 1. The van der Waals surface area contributed by atoms with Gasteiger partial charge < -0.3 is 10.2 Å². The Hall–Kier alpha value is -2.20. The molecule has 2 heterocycles. The molecule has 0 aliphatic carbocycles. The molecule has 1 aliphatic rings. The zero-order valence-electron chi connectivity index (χ0n) is 14.9. The molecule has 0 saturated carbocycles. The quantitative estimate of drug-likeness (QED) is 0.851. The summed E-state index contributed by atoms with van der Waals surface area (Å²) in [5, 5.41) is 14.1. The van der Waals surface area contributed by atoms with Gasteiger partial charge in [0.25, 0.3) is 0 Å². The van der Waals surface area contributed by atoms with Gasteiger partial charge in [0, 0.05) is 37.5 Å². The van der Waals surface area contributed by atoms with E-state index < -0.39 is 0 Å². The van der Waals surface area contributed by atoms with Gasteiger partial charge in [0.05, 0.1) is 11.3 Å². The third-order valence-electron chi connectivity index (χ3n) is 4.62. The van der Waals surface area contributed by atoms with E-state index in [0.717, 1.165) is 45.7 Å². The second-order valence-electron chi connectivity index (χ2n) is 6.51. The summed E-state index contributed by atoms with van der Waals surface area (Å²) >= 11 is 1.81. The van der Waals surface area contributed by atoms with Crippen LogP contribution in [-0.4, -0.2) is 48.4 Å². The molecule has 1 aromatic heterocycles. The topological polar surface area (TPSA) is 59.4 Å². The van der Waals surface area contributed by atoms with Crippen LogP contribution in [0.25, 0.3) is 0 Å². The van der Waals surface area contributed by atoms with Crippen molar-refractivity contribution in [1.82, 2.24) is 9.80 Å². The van der Waals surface area contributed by atoms with E-state index in [9.17, 15) is 4.79 Å². The molecule has 5 nitrogen and oxygen atoms in total. The Balaban J connectivity index is 1.43. The van der Waals surface area contributed by atoms with Gasteiger partial charge in [-0.25, -0.2) is 0 Å². The van der Waals surface area contributed by atoms with Gasteiger partial charge in [-0.05, 0) is 43.1 Å². The summed E-state index contributed by atoms with van der Waals surface area (Å²) in [7, 11) is 0. The minimum absolute atomic E-state index is 0.0348. The lowest BCUT2D eigenvalue weighted by Crippen LogP contribution is -2.32. The minimum Gasteiger partial charge on any atom is -0.325 e. The summed E-state index contributed by atoms with van der Waals surface area (Å²) in [6.07, 6.45) is 1.58. The van der Waals surface area contributed by atoms with Crippen LogP contribution in [0.2, 0.25) is 0 Å². The number of rotatable bonds is 6. The van der Waals surface area contributed by atoms with Crippen LogP contribution in [-0.2, 0) is 11.3 Å². The van der Waals surface area contributed by atoms with Gasteiger partial charge in [0.15, 0.2) is 0 Å². The molecular formula is C20H24N4OS. The van der Waals surface area contributed by atoms with E-state index >= 15 is 0 Å². The highest BCUT2D eigenvalue weighted by Crippen LogP contribution is 2.15. The lowest BCUT2D eigenvalue weighted by atomic mass is 10.2. The van der Waals surface area contributed by atoms with E-state index in [0.29, 0.717) is 17.7 Å². The number of hydrogen-bond donors (Lipinski definition) is 1. The van der Waals surface area contributed by atoms with Crippen molar-refractivity contribution in [1.29, 1.82) is 5.26 Å². The van der Waals surface area contributed by atoms with Crippen molar-refractivity contribution in [2.75, 3.05) is 38.0 Å². The highest BCUT2D eigenvalue weighted by Gasteiger charge is 2.16. The zero-order valence-corrected chi connectivity index (χ0v) is 15.7. The molecule has 136 valence electrons. The van der Waals surface area contributed by atoms with Crippen molar-refractivity contribution in [3.05, 3.63) is 52.2 Å². The van der Waals surface area contributed by atoms with Crippen LogP contribution in [0.5, 0.6) is 0 Å². The van der Waals surface area contributed by atoms with E-state index in [1.807, 2.05) is 17.4 Å². The highest BCUT2D eigenvalue weighted by atomic mass is 32.1. The predicted molar refractivity (Wildman–Crippen MR) is 105 cm³/mol. The first-order valence-electron chi connectivity index (χ1n) is 9.00. The van der Waals surface area contributed by atoms with Crippen molar-refractivity contribution in [3.8, 4) is 6.07 Å². The van der Waals surface area contributed by atoms with Gasteiger partial charge in [-0.2, -0.15) is 5.26 Å². The van der Waals surface area contributed by atoms with Crippen molar-refractivity contribution in [2.24, 2.45) is 0 Å². The third-order valence-corrected chi connectivity index (χ3v) is 5.48. The number of nitriles is 1. The first kappa shape index (κ1) is 18.6. The second-order valence-corrected chi connectivity index (χ2v) is 7.54. The standard InChI is InChI=1S/C20H24N4OS/c21-15-17-5-1-2-7-19(17)22-20(25)8-11-23-9-4-10-24(13-12-23)16-18-6-3-14-26-18/h1-3,5-7,14H,4,8-13,16H2,(H,22,25). The summed E-state index contributed by atoms with van der Waals surface area (Å²) in [6.45, 7) is 5.95. The Morgan fingerprint density at radius 1 is 1.12 bits per heavy atom. The number of thiophene rings is 1. The molecular weight excluding hydrogens is 344 g/mol. The fourth-order valence-corrected chi connectivity index (χ4v) is 3.94. The van der Waals surface area contributed by atoms with Gasteiger partial charge in [-0.15, -0.1) is 11.3 Å². The van der Waals surface area contributed by atoms with Crippen LogP contribution < -0.4 is 5.32 Å². The zero-order chi connectivity index (χ0) is 18.2. The van der Waals surface area contributed by atoms with Crippen LogP contribution in [0, 0.1) is 11.3 Å². The van der Waals surface area contributed by atoms with E-state index in [1.165, 1.54) is 4.88 Å². The van der Waals surface area contributed by atoms with Crippen molar-refractivity contribution in [3.63, 3.8) is 0 Å². The average Bonchev–Trinajstić information content (AvgIpc) is 3.06. The summed E-state index contributed by atoms with van der Waals surface area (Å²) in [5.74, 6) is -0.0348. The number of nitrogens with zero attached hydrogens (tertiary/aromatic N) is 3. The molecule has 1 fully saturated rings. The maximum atomic E-state index is 12.2. The van der Waals surface area contributed by atoms with Gasteiger partial charge in [0.1, 0.15) is 6.07 Å². The molecule has 1 aliphatic heterocycles. The van der Waals surface area contributed by atoms with Gasteiger partial charge in [-0.1, -0.05) is 18.2 Å². The molecule has 1 aromatic carbocycles. The molecule has 6 heteroatoms. The Morgan fingerprint density at radius 3 is 2.73 bits per heavy atom. The Labute approximate surface area is 158 Å². The van der Waals surface area contributed by atoms with E-state index in [-0.39, 0.29) is 5.91 Å². The molecule has 26 heavy (non-hydrogen) atoms. The summed E-state index contributed by atoms with van der Waals surface area (Å²) in [5.41, 5.74) is 1.10. The largest absolute Gasteiger partial charge is 0.325 e. The van der Waals surface area contributed by atoms with Crippen LogP contribution in [0.4, 0.5) is 5.69 Å². The fourth-order valence-electron chi connectivity index (χ4n) is 3.19. The maximum Gasteiger partial charge on any atom is 0.225 e. The lowest BCUT2D eigenvalue weighted by molar-refractivity contribution is -0.116. The lowest BCUT2D eigenvalue weighted by Gasteiger charge is -2.21. The molecule has 3 rings (SSSR count). The molecule has 1 saturated heterocycles. The first-order chi connectivity index (χ1) is 12.7. The molecule has 1 N–H and O–H groups in total. The number of nitrogens with one attached hydrogen (secondary N) is 1. The predicted octanol–water partition coefficient (Wildman–Crippen LogP) is 3.16. The first-order valence-corrected chi connectivity index (χ1v) is 9.88. The molecule has 0 unspecified atom stereocenters. The van der Waals surface area contributed by atoms with Crippen LogP contribution in [0.15, 0.2) is 41.8 Å². The van der Waals surface area contributed by atoms with Gasteiger partial charge in [0.2, 0.25) is 5.91 Å². The fraction of sp³-hybridized carbons (Fsp3) is 0.400. The molecule has 0 spiro atoms. The number of carbonyl (C=O) groups is 1. The third kappa shape index (κ3) is 5.40. The number of para-hydroxylation sites is 1. The Bertz CT molecular complexity index is 753. The van der Waals surface area contributed by atoms with Gasteiger partial charge in [-0.3, -0.25) is 9.69 Å². The normalized spacial score (nSPS) is 16.0. The number of amides is 1. The maximum absolute atomic E-state index is 12.2. The van der Waals surface area contributed by atoms with E-state index in [4.69, 9.17) is 5.26 Å². The van der Waals surface area contributed by atoms with Crippen LogP contribution in [0.1, 0.15) is 23.3 Å². The number of hydrogen-bond acceptors (Lipinski definition) is 5. The molecule has 0 radical (unpaired) electrons. The highest BCUT2D eigenvalue weighted by molar-refractivity contribution is 7.09. The summed E-state index contributed by atoms with van der Waals surface area (Å²) < 4.78 is 0. The molecule has 0 atom stereocenters. The second kappa shape index (κ2) is 9.48. The Morgan fingerprint density at radius 2 is 1.92 bits per heavy atom. The number of anilines is 1. The van der Waals surface area contributed by atoms with Gasteiger partial charge >= 0.3 is 0 Å². The molecule has 2 aromatic rings. The minimum atomic E-state index is -0.0348. The van der Waals surface area contributed by atoms with Crippen LogP contribution >= 0.6 is 11.3 Å². The van der Waals surface area contributed by atoms with Crippen LogP contribution in [0.3, 0.4) is 0 Å². The SMILES string of the molecule is N#Cc1ccccc1NC(=O)CCN1CCCN(Cc2cccs2)CC1. The van der Waals surface area contributed by atoms with Crippen molar-refractivity contribution < 1.29 is 4.79 Å². The number of carbonyl (C=O) groups excluding carboxylic acids is 1. The Kier molecular flexibility index (Phi) is 6.78. The molecule has 1 amide bonds. The van der Waals surface area contributed by atoms with E-state index in [1.54, 1.807) is 18.2 Å². The summed E-state index contributed by atoms with van der Waals surface area (Å²) in [6, 6.07) is 13.5. The summed E-state index contributed by atoms with van der Waals surface area (Å²) in [4.78, 5) is 18.5. The average molecular weight is 369 g/mol. The molecule has 0 bridgehead atoms. The monoisotopic (exact) mass is 368 g/mol.